The van der Waals surface area contributed by atoms with Crippen LogP contribution in [0.15, 0.2) is 16.5 Å². The smallest absolute Gasteiger partial charge is 0.274 e. The van der Waals surface area contributed by atoms with Gasteiger partial charge in [-0.2, -0.15) is 0 Å². The number of aromatic nitrogens is 3. The quantitative estimate of drug-likeness (QED) is 0.791. The van der Waals surface area contributed by atoms with Crippen LogP contribution in [0.1, 0.15) is 10.7 Å². The molecule has 2 heterocycles. The summed E-state index contributed by atoms with van der Waals surface area (Å²) in [5.74, 6) is 0. The van der Waals surface area contributed by atoms with E-state index < -0.39 is 0 Å². The second-order valence-corrected chi connectivity index (χ2v) is 4.84. The molecule has 16 heavy (non-hydrogen) atoms. The summed E-state index contributed by atoms with van der Waals surface area (Å²) in [6.45, 7) is 2.26. The maximum Gasteiger partial charge on any atom is 0.274 e. The highest BCUT2D eigenvalue weighted by atomic mass is 35.5. The Hall–Kier alpha value is -0.910. The van der Waals surface area contributed by atoms with Crippen LogP contribution in [0.5, 0.6) is 0 Å². The van der Waals surface area contributed by atoms with Gasteiger partial charge >= 0.3 is 0 Å². The number of nitrogens with zero attached hydrogens (tertiary/aromatic N) is 3. The van der Waals surface area contributed by atoms with Gasteiger partial charge in [-0.05, 0) is 6.92 Å². The first-order chi connectivity index (χ1) is 7.58. The number of halogens is 2. The lowest BCUT2D eigenvalue weighted by Crippen LogP contribution is -2.21. The zero-order valence-corrected chi connectivity index (χ0v) is 10.6. The highest BCUT2D eigenvalue weighted by molar-refractivity contribution is 7.09. The lowest BCUT2D eigenvalue weighted by Gasteiger charge is -2.03. The second-order valence-electron chi connectivity index (χ2n) is 3.17. The van der Waals surface area contributed by atoms with Crippen molar-refractivity contribution in [1.82, 2.24) is 14.5 Å². The summed E-state index contributed by atoms with van der Waals surface area (Å²) in [5, 5.41) is 2.72. The summed E-state index contributed by atoms with van der Waals surface area (Å²) in [6.07, 6.45) is 1.37. The zero-order valence-electron chi connectivity index (χ0n) is 8.28. The molecule has 0 saturated carbocycles. The number of rotatable bonds is 2. The largest absolute Gasteiger partial charge is 0.291 e. The van der Waals surface area contributed by atoms with Crippen molar-refractivity contribution in [3.05, 3.63) is 42.9 Å². The molecule has 0 aliphatic rings. The van der Waals surface area contributed by atoms with Crippen molar-refractivity contribution in [3.63, 3.8) is 0 Å². The summed E-state index contributed by atoms with van der Waals surface area (Å²) >= 11 is 12.8. The summed E-state index contributed by atoms with van der Waals surface area (Å²) in [6, 6.07) is 0. The zero-order chi connectivity index (χ0) is 11.7. The molecule has 0 saturated heterocycles. The Morgan fingerprint density at radius 2 is 2.25 bits per heavy atom. The summed E-state index contributed by atoms with van der Waals surface area (Å²) < 4.78 is 1.38. The molecule has 0 spiro atoms. The Morgan fingerprint density at radius 3 is 2.88 bits per heavy atom. The van der Waals surface area contributed by atoms with Gasteiger partial charge in [-0.3, -0.25) is 9.36 Å². The van der Waals surface area contributed by atoms with E-state index in [4.69, 9.17) is 23.2 Å². The van der Waals surface area contributed by atoms with Crippen molar-refractivity contribution < 1.29 is 0 Å². The van der Waals surface area contributed by atoms with Crippen LogP contribution >= 0.6 is 34.5 Å². The van der Waals surface area contributed by atoms with E-state index in [1.165, 1.54) is 22.2 Å². The average Bonchev–Trinajstić information content (AvgIpc) is 2.65. The van der Waals surface area contributed by atoms with Gasteiger partial charge in [0.05, 0.1) is 12.9 Å². The van der Waals surface area contributed by atoms with Gasteiger partial charge < -0.3 is 0 Å². The second kappa shape index (κ2) is 4.53. The Balaban J connectivity index is 2.36. The molecule has 0 fully saturated rings. The van der Waals surface area contributed by atoms with Crippen LogP contribution in [0.3, 0.4) is 0 Å². The van der Waals surface area contributed by atoms with Crippen LogP contribution in [0.2, 0.25) is 10.2 Å². The molecule has 7 heteroatoms. The Bertz CT molecular complexity index is 578. The van der Waals surface area contributed by atoms with Gasteiger partial charge in [0.25, 0.3) is 5.56 Å². The van der Waals surface area contributed by atoms with Crippen LogP contribution in [0.4, 0.5) is 0 Å². The van der Waals surface area contributed by atoms with Gasteiger partial charge in [-0.1, -0.05) is 23.2 Å². The Labute approximate surface area is 105 Å². The van der Waals surface area contributed by atoms with Crippen LogP contribution < -0.4 is 5.56 Å². The molecule has 0 N–H and O–H groups in total. The van der Waals surface area contributed by atoms with Crippen molar-refractivity contribution in [2.75, 3.05) is 0 Å². The molecule has 0 unspecified atom stereocenters. The lowest BCUT2D eigenvalue weighted by atomic mass is 10.5. The molecule has 0 aliphatic heterocycles. The van der Waals surface area contributed by atoms with Gasteiger partial charge in [-0.25, -0.2) is 9.97 Å². The first-order valence-corrected chi connectivity index (χ1v) is 6.03. The van der Waals surface area contributed by atoms with Gasteiger partial charge in [0.15, 0.2) is 5.15 Å². The molecular weight excluding hydrogens is 269 g/mol. The van der Waals surface area contributed by atoms with Crippen LogP contribution in [0.25, 0.3) is 0 Å². The number of hydrogen-bond acceptors (Lipinski definition) is 4. The SMILES string of the molecule is Cc1csc(Cn2cnc(Cl)c(Cl)c2=O)n1. The minimum absolute atomic E-state index is 0.0261. The minimum atomic E-state index is -0.352. The molecule has 0 bridgehead atoms. The van der Waals surface area contributed by atoms with E-state index in [9.17, 15) is 4.79 Å². The average molecular weight is 276 g/mol. The third kappa shape index (κ3) is 2.26. The predicted octanol–water partition coefficient (Wildman–Crippen LogP) is 2.36. The minimum Gasteiger partial charge on any atom is -0.291 e. The normalized spacial score (nSPS) is 10.7. The molecular formula is C9H7Cl2N3OS. The van der Waals surface area contributed by atoms with Crippen molar-refractivity contribution in [3.8, 4) is 0 Å². The van der Waals surface area contributed by atoms with E-state index in [0.29, 0.717) is 6.54 Å². The molecule has 2 aromatic rings. The summed E-state index contributed by atoms with van der Waals surface area (Å²) in [7, 11) is 0. The van der Waals surface area contributed by atoms with E-state index in [1.807, 2.05) is 12.3 Å². The highest BCUT2D eigenvalue weighted by Gasteiger charge is 2.08. The molecule has 0 amide bonds. The third-order valence-corrected chi connectivity index (χ3v) is 3.59. The molecule has 2 rings (SSSR count). The fourth-order valence-corrected chi connectivity index (χ4v) is 2.23. The number of thiazole rings is 1. The number of hydrogen-bond donors (Lipinski definition) is 0. The van der Waals surface area contributed by atoms with Crippen molar-refractivity contribution in [2.24, 2.45) is 0 Å². The maximum atomic E-state index is 11.7. The standard InChI is InChI=1S/C9H7Cl2N3OS/c1-5-3-16-6(13-5)2-14-4-12-8(11)7(10)9(14)15/h3-4H,2H2,1H3. The van der Waals surface area contributed by atoms with Gasteiger partial charge in [0.2, 0.25) is 0 Å². The Kier molecular flexibility index (Phi) is 3.28. The van der Waals surface area contributed by atoms with E-state index in [0.717, 1.165) is 10.7 Å². The fraction of sp³-hybridized carbons (Fsp3) is 0.222. The third-order valence-electron chi connectivity index (χ3n) is 1.91. The van der Waals surface area contributed by atoms with E-state index >= 15 is 0 Å². The first-order valence-electron chi connectivity index (χ1n) is 4.39. The summed E-state index contributed by atoms with van der Waals surface area (Å²) in [4.78, 5) is 19.8. The molecule has 0 atom stereocenters. The van der Waals surface area contributed by atoms with E-state index in [-0.39, 0.29) is 15.7 Å². The van der Waals surface area contributed by atoms with Crippen LogP contribution in [-0.2, 0) is 6.54 Å². The summed E-state index contributed by atoms with van der Waals surface area (Å²) in [5.41, 5.74) is 0.579. The maximum absolute atomic E-state index is 11.7. The first kappa shape index (κ1) is 11.6. The van der Waals surface area contributed by atoms with Gasteiger partial charge in [0.1, 0.15) is 10.0 Å². The van der Waals surface area contributed by atoms with Gasteiger partial charge in [0, 0.05) is 11.1 Å². The monoisotopic (exact) mass is 275 g/mol. The van der Waals surface area contributed by atoms with Crippen LogP contribution in [0, 0.1) is 6.92 Å². The van der Waals surface area contributed by atoms with Crippen LogP contribution in [-0.4, -0.2) is 14.5 Å². The van der Waals surface area contributed by atoms with Crippen molar-refractivity contribution >= 4 is 34.5 Å². The Morgan fingerprint density at radius 1 is 1.50 bits per heavy atom. The molecule has 84 valence electrons. The molecule has 0 aliphatic carbocycles. The molecule has 4 nitrogen and oxygen atoms in total. The van der Waals surface area contributed by atoms with Gasteiger partial charge in [-0.15, -0.1) is 11.3 Å². The lowest BCUT2D eigenvalue weighted by molar-refractivity contribution is 0.730. The van der Waals surface area contributed by atoms with E-state index in [1.54, 1.807) is 0 Å². The number of aryl methyl sites for hydroxylation is 1. The van der Waals surface area contributed by atoms with Crippen molar-refractivity contribution in [1.29, 1.82) is 0 Å². The fourth-order valence-electron chi connectivity index (χ4n) is 1.18. The molecule has 0 aromatic carbocycles. The topological polar surface area (TPSA) is 47.8 Å². The van der Waals surface area contributed by atoms with Crippen molar-refractivity contribution in [2.45, 2.75) is 13.5 Å². The molecule has 2 aromatic heterocycles. The molecule has 0 radical (unpaired) electrons. The van der Waals surface area contributed by atoms with E-state index in [2.05, 4.69) is 9.97 Å². The predicted molar refractivity (Wildman–Crippen MR) is 64.5 cm³/mol. The highest BCUT2D eigenvalue weighted by Crippen LogP contribution is 2.14.